The summed E-state index contributed by atoms with van der Waals surface area (Å²) < 4.78 is 5.06. The van der Waals surface area contributed by atoms with Gasteiger partial charge in [-0.2, -0.15) is 0 Å². The first-order valence-corrected chi connectivity index (χ1v) is 5.37. The minimum absolute atomic E-state index is 0.103. The molecule has 0 saturated heterocycles. The fourth-order valence-corrected chi connectivity index (χ4v) is 1.52. The number of nitrogen functional groups attached to an aromatic ring is 1. The van der Waals surface area contributed by atoms with Crippen molar-refractivity contribution in [3.05, 3.63) is 29.8 Å². The van der Waals surface area contributed by atoms with Gasteiger partial charge in [0.15, 0.2) is 0 Å². The summed E-state index contributed by atoms with van der Waals surface area (Å²) in [7, 11) is 1.70. The van der Waals surface area contributed by atoms with E-state index >= 15 is 0 Å². The van der Waals surface area contributed by atoms with Gasteiger partial charge in [-0.25, -0.2) is 0 Å². The third-order valence-corrected chi connectivity index (χ3v) is 2.49. The van der Waals surface area contributed by atoms with Gasteiger partial charge in [0.1, 0.15) is 5.84 Å². The molecule has 4 nitrogen and oxygen atoms in total. The highest BCUT2D eigenvalue weighted by molar-refractivity contribution is 5.95. The Morgan fingerprint density at radius 2 is 2.00 bits per heavy atom. The molecule has 0 aliphatic carbocycles. The third-order valence-electron chi connectivity index (χ3n) is 2.49. The zero-order chi connectivity index (χ0) is 12.0. The maximum absolute atomic E-state index is 7.31. The Labute approximate surface area is 96.5 Å². The first-order valence-electron chi connectivity index (χ1n) is 5.37. The van der Waals surface area contributed by atoms with Crippen LogP contribution in [-0.4, -0.2) is 32.6 Å². The monoisotopic (exact) mass is 221 g/mol. The van der Waals surface area contributed by atoms with Crippen LogP contribution in [0.15, 0.2) is 24.3 Å². The molecule has 3 N–H and O–H groups in total. The predicted molar refractivity (Wildman–Crippen MR) is 67.2 cm³/mol. The zero-order valence-electron chi connectivity index (χ0n) is 9.86. The van der Waals surface area contributed by atoms with Crippen LogP contribution in [0.3, 0.4) is 0 Å². The highest BCUT2D eigenvalue weighted by Gasteiger charge is 2.04. The maximum atomic E-state index is 7.31. The smallest absolute Gasteiger partial charge is 0.122 e. The Morgan fingerprint density at radius 1 is 1.38 bits per heavy atom. The molecular weight excluding hydrogens is 202 g/mol. The van der Waals surface area contributed by atoms with Crippen molar-refractivity contribution in [3.63, 3.8) is 0 Å². The molecule has 88 valence electrons. The minimum Gasteiger partial charge on any atom is -0.384 e. The standard InChI is InChI=1S/C12H19N3O/c1-3-15(8-9-16-2)11-6-4-10(5-7-11)12(13)14/h4-7H,3,8-9H2,1-2H3,(H3,13,14). The van der Waals surface area contributed by atoms with E-state index in [4.69, 9.17) is 15.9 Å². The van der Waals surface area contributed by atoms with Crippen molar-refractivity contribution < 1.29 is 4.74 Å². The Kier molecular flexibility index (Phi) is 4.79. The summed E-state index contributed by atoms with van der Waals surface area (Å²) >= 11 is 0. The molecule has 1 rings (SSSR count). The lowest BCUT2D eigenvalue weighted by molar-refractivity contribution is 0.205. The lowest BCUT2D eigenvalue weighted by atomic mass is 10.2. The molecule has 0 atom stereocenters. The second-order valence-corrected chi connectivity index (χ2v) is 3.53. The van der Waals surface area contributed by atoms with E-state index in [-0.39, 0.29) is 5.84 Å². The molecule has 1 aromatic carbocycles. The number of rotatable bonds is 6. The summed E-state index contributed by atoms with van der Waals surface area (Å²) in [4.78, 5) is 2.22. The van der Waals surface area contributed by atoms with Gasteiger partial charge in [0, 0.05) is 31.5 Å². The number of benzene rings is 1. The fourth-order valence-electron chi connectivity index (χ4n) is 1.52. The normalized spacial score (nSPS) is 10.1. The van der Waals surface area contributed by atoms with Crippen molar-refractivity contribution in [2.24, 2.45) is 5.73 Å². The molecule has 0 bridgehead atoms. The van der Waals surface area contributed by atoms with E-state index in [0.717, 1.165) is 24.3 Å². The molecule has 0 aliphatic heterocycles. The summed E-state index contributed by atoms with van der Waals surface area (Å²) in [6.07, 6.45) is 0. The van der Waals surface area contributed by atoms with Crippen molar-refractivity contribution in [1.29, 1.82) is 5.41 Å². The van der Waals surface area contributed by atoms with Gasteiger partial charge in [0.05, 0.1) is 6.61 Å². The molecule has 0 radical (unpaired) electrons. The summed E-state index contributed by atoms with van der Waals surface area (Å²) in [5.74, 6) is 0.103. The summed E-state index contributed by atoms with van der Waals surface area (Å²) in [5.41, 5.74) is 7.29. The van der Waals surface area contributed by atoms with Crippen LogP contribution < -0.4 is 10.6 Å². The Hall–Kier alpha value is -1.55. The number of methoxy groups -OCH3 is 1. The molecule has 0 unspecified atom stereocenters. The predicted octanol–water partition coefficient (Wildman–Crippen LogP) is 1.44. The summed E-state index contributed by atoms with van der Waals surface area (Å²) in [5, 5.41) is 7.31. The Morgan fingerprint density at radius 3 is 2.44 bits per heavy atom. The van der Waals surface area contributed by atoms with Crippen LogP contribution >= 0.6 is 0 Å². The van der Waals surface area contributed by atoms with Gasteiger partial charge < -0.3 is 15.4 Å². The molecule has 0 heterocycles. The van der Waals surface area contributed by atoms with Crippen molar-refractivity contribution in [2.75, 3.05) is 31.7 Å². The second kappa shape index (κ2) is 6.12. The third kappa shape index (κ3) is 3.24. The van der Waals surface area contributed by atoms with E-state index in [9.17, 15) is 0 Å². The number of nitrogens with two attached hydrogens (primary N) is 1. The molecule has 16 heavy (non-hydrogen) atoms. The van der Waals surface area contributed by atoms with Gasteiger partial charge in [0.2, 0.25) is 0 Å². The number of hydrogen-bond donors (Lipinski definition) is 2. The Balaban J connectivity index is 2.74. The average Bonchev–Trinajstić information content (AvgIpc) is 2.30. The van der Waals surface area contributed by atoms with Crippen LogP contribution in [-0.2, 0) is 4.74 Å². The van der Waals surface area contributed by atoms with Crippen LogP contribution in [0.2, 0.25) is 0 Å². The van der Waals surface area contributed by atoms with Gasteiger partial charge in [-0.15, -0.1) is 0 Å². The van der Waals surface area contributed by atoms with Gasteiger partial charge in [0.25, 0.3) is 0 Å². The lowest BCUT2D eigenvalue weighted by Crippen LogP contribution is -2.26. The van der Waals surface area contributed by atoms with Crippen LogP contribution in [0.5, 0.6) is 0 Å². The minimum atomic E-state index is 0.103. The summed E-state index contributed by atoms with van der Waals surface area (Å²) in [6.45, 7) is 4.62. The SMILES string of the molecule is CCN(CCOC)c1ccc(C(=N)N)cc1. The first-order chi connectivity index (χ1) is 7.69. The number of anilines is 1. The van der Waals surface area contributed by atoms with Crippen LogP contribution in [0.4, 0.5) is 5.69 Å². The van der Waals surface area contributed by atoms with Crippen molar-refractivity contribution in [3.8, 4) is 0 Å². The highest BCUT2D eigenvalue weighted by Crippen LogP contribution is 2.14. The van der Waals surface area contributed by atoms with E-state index in [1.165, 1.54) is 0 Å². The molecule has 0 aliphatic rings. The first kappa shape index (κ1) is 12.5. The Bertz CT molecular complexity index is 335. The fraction of sp³-hybridized carbons (Fsp3) is 0.417. The number of ether oxygens (including phenoxy) is 1. The topological polar surface area (TPSA) is 62.3 Å². The zero-order valence-corrected chi connectivity index (χ0v) is 9.86. The number of amidine groups is 1. The molecule has 0 fully saturated rings. The van der Waals surface area contributed by atoms with Crippen molar-refractivity contribution in [2.45, 2.75) is 6.92 Å². The molecule has 0 saturated carbocycles. The second-order valence-electron chi connectivity index (χ2n) is 3.53. The van der Waals surface area contributed by atoms with Crippen molar-refractivity contribution >= 4 is 11.5 Å². The van der Waals surface area contributed by atoms with E-state index in [1.807, 2.05) is 24.3 Å². The lowest BCUT2D eigenvalue weighted by Gasteiger charge is -2.22. The van der Waals surface area contributed by atoms with Gasteiger partial charge in [-0.3, -0.25) is 5.41 Å². The number of hydrogen-bond acceptors (Lipinski definition) is 3. The molecule has 0 amide bonds. The van der Waals surface area contributed by atoms with Crippen molar-refractivity contribution in [1.82, 2.24) is 0 Å². The van der Waals surface area contributed by atoms with Gasteiger partial charge in [-0.1, -0.05) is 0 Å². The average molecular weight is 221 g/mol. The summed E-state index contributed by atoms with van der Waals surface area (Å²) in [6, 6.07) is 7.70. The highest BCUT2D eigenvalue weighted by atomic mass is 16.5. The van der Waals surface area contributed by atoms with Crippen LogP contribution in [0.25, 0.3) is 0 Å². The van der Waals surface area contributed by atoms with Crippen LogP contribution in [0.1, 0.15) is 12.5 Å². The molecule has 0 aromatic heterocycles. The van der Waals surface area contributed by atoms with Gasteiger partial charge >= 0.3 is 0 Å². The number of nitrogens with zero attached hydrogens (tertiary/aromatic N) is 1. The van der Waals surface area contributed by atoms with E-state index in [2.05, 4.69) is 11.8 Å². The number of likely N-dealkylation sites (N-methyl/N-ethyl adjacent to an activating group) is 1. The number of nitrogens with one attached hydrogen (secondary N) is 1. The molecular formula is C12H19N3O. The van der Waals surface area contributed by atoms with Gasteiger partial charge in [-0.05, 0) is 31.2 Å². The van der Waals surface area contributed by atoms with E-state index in [1.54, 1.807) is 7.11 Å². The quantitative estimate of drug-likeness (QED) is 0.564. The van der Waals surface area contributed by atoms with E-state index in [0.29, 0.717) is 6.61 Å². The molecule has 1 aromatic rings. The largest absolute Gasteiger partial charge is 0.384 e. The molecule has 4 heteroatoms. The van der Waals surface area contributed by atoms with E-state index < -0.39 is 0 Å². The molecule has 0 spiro atoms. The van der Waals surface area contributed by atoms with Crippen LogP contribution in [0, 0.1) is 5.41 Å². The maximum Gasteiger partial charge on any atom is 0.122 e.